The molecular formula is C12H15NO2S. The Morgan fingerprint density at radius 1 is 1.38 bits per heavy atom. The molecule has 0 bridgehead atoms. The Morgan fingerprint density at radius 2 is 2.06 bits per heavy atom. The van der Waals surface area contributed by atoms with E-state index < -0.39 is 0 Å². The van der Waals surface area contributed by atoms with E-state index in [0.29, 0.717) is 12.3 Å². The van der Waals surface area contributed by atoms with Gasteiger partial charge in [0.25, 0.3) is 0 Å². The molecule has 0 spiro atoms. The van der Waals surface area contributed by atoms with Crippen molar-refractivity contribution in [2.75, 3.05) is 12.4 Å². The largest absolute Gasteiger partial charge is 0.465 e. The van der Waals surface area contributed by atoms with Gasteiger partial charge in [-0.3, -0.25) is 4.79 Å². The van der Waals surface area contributed by atoms with E-state index in [2.05, 4.69) is 0 Å². The molecule has 0 aliphatic carbocycles. The number of hydrogen-bond acceptors (Lipinski definition) is 4. The van der Waals surface area contributed by atoms with E-state index in [1.54, 1.807) is 18.7 Å². The number of rotatable bonds is 6. The standard InChI is InChI=1S/C12H15NO2S/c1-10(13)9-12(14)15-7-8-16-11-5-3-2-4-6-11/h2-6,13H,7-9H2,1H3. The van der Waals surface area contributed by atoms with Gasteiger partial charge in [-0.1, -0.05) is 18.2 Å². The molecule has 0 atom stereocenters. The molecule has 1 aromatic carbocycles. The Hall–Kier alpha value is -1.29. The van der Waals surface area contributed by atoms with E-state index in [1.807, 2.05) is 30.3 Å². The molecule has 0 saturated carbocycles. The molecule has 0 radical (unpaired) electrons. The average Bonchev–Trinajstić information content (AvgIpc) is 2.25. The summed E-state index contributed by atoms with van der Waals surface area (Å²) in [4.78, 5) is 12.3. The smallest absolute Gasteiger partial charge is 0.311 e. The SMILES string of the molecule is CC(=N)CC(=O)OCCSc1ccccc1. The zero-order chi connectivity index (χ0) is 11.8. The van der Waals surface area contributed by atoms with Gasteiger partial charge in [-0.2, -0.15) is 0 Å². The summed E-state index contributed by atoms with van der Waals surface area (Å²) in [5, 5.41) is 7.13. The van der Waals surface area contributed by atoms with Crippen molar-refractivity contribution in [1.29, 1.82) is 5.41 Å². The van der Waals surface area contributed by atoms with E-state index in [9.17, 15) is 4.79 Å². The lowest BCUT2D eigenvalue weighted by Gasteiger charge is -2.04. The molecule has 1 rings (SSSR count). The van der Waals surface area contributed by atoms with Crippen LogP contribution in [0.3, 0.4) is 0 Å². The molecule has 0 aliphatic heterocycles. The van der Waals surface area contributed by atoms with E-state index in [1.165, 1.54) is 4.90 Å². The van der Waals surface area contributed by atoms with Crippen molar-refractivity contribution in [1.82, 2.24) is 0 Å². The summed E-state index contributed by atoms with van der Waals surface area (Å²) in [6, 6.07) is 9.97. The van der Waals surface area contributed by atoms with Crippen molar-refractivity contribution in [3.8, 4) is 0 Å². The van der Waals surface area contributed by atoms with Gasteiger partial charge in [-0.25, -0.2) is 0 Å². The molecule has 1 aromatic rings. The molecule has 0 fully saturated rings. The van der Waals surface area contributed by atoms with Crippen LogP contribution in [0.15, 0.2) is 35.2 Å². The van der Waals surface area contributed by atoms with Gasteiger partial charge in [0.05, 0.1) is 6.42 Å². The second kappa shape index (κ2) is 7.06. The molecule has 0 amide bonds. The number of benzene rings is 1. The van der Waals surface area contributed by atoms with Crippen LogP contribution < -0.4 is 0 Å². The van der Waals surface area contributed by atoms with Crippen molar-refractivity contribution in [2.24, 2.45) is 0 Å². The summed E-state index contributed by atoms with van der Waals surface area (Å²) in [7, 11) is 0. The lowest BCUT2D eigenvalue weighted by Crippen LogP contribution is -2.10. The predicted octanol–water partition coefficient (Wildman–Crippen LogP) is 2.75. The highest BCUT2D eigenvalue weighted by Crippen LogP contribution is 2.16. The summed E-state index contributed by atoms with van der Waals surface area (Å²) in [5.74, 6) is 0.424. The second-order valence-electron chi connectivity index (χ2n) is 3.34. The summed E-state index contributed by atoms with van der Waals surface area (Å²) in [5.41, 5.74) is 0.334. The third-order valence-corrected chi connectivity index (χ3v) is 2.74. The number of esters is 1. The van der Waals surface area contributed by atoms with E-state index in [4.69, 9.17) is 10.1 Å². The molecule has 4 heteroatoms. The van der Waals surface area contributed by atoms with Crippen LogP contribution in [0, 0.1) is 5.41 Å². The highest BCUT2D eigenvalue weighted by Gasteiger charge is 2.03. The van der Waals surface area contributed by atoms with Crippen LogP contribution in [0.1, 0.15) is 13.3 Å². The van der Waals surface area contributed by atoms with Crippen LogP contribution in [-0.2, 0) is 9.53 Å². The lowest BCUT2D eigenvalue weighted by molar-refractivity contribution is -0.141. The van der Waals surface area contributed by atoms with Crippen LogP contribution >= 0.6 is 11.8 Å². The van der Waals surface area contributed by atoms with Gasteiger partial charge in [0.2, 0.25) is 0 Å². The first-order valence-corrected chi connectivity index (χ1v) is 6.04. The lowest BCUT2D eigenvalue weighted by atomic mass is 10.3. The zero-order valence-electron chi connectivity index (χ0n) is 9.23. The van der Waals surface area contributed by atoms with E-state index in [0.717, 1.165) is 5.75 Å². The third-order valence-electron chi connectivity index (χ3n) is 1.77. The maximum atomic E-state index is 11.1. The number of thioether (sulfide) groups is 1. The first kappa shape index (κ1) is 12.8. The molecule has 0 unspecified atom stereocenters. The second-order valence-corrected chi connectivity index (χ2v) is 4.51. The number of carbonyl (C=O) groups excluding carboxylic acids is 1. The van der Waals surface area contributed by atoms with Crippen LogP contribution in [0.5, 0.6) is 0 Å². The summed E-state index contributed by atoms with van der Waals surface area (Å²) < 4.78 is 4.97. The molecule has 0 aliphatic rings. The minimum absolute atomic E-state index is 0.0933. The molecule has 1 N–H and O–H groups in total. The van der Waals surface area contributed by atoms with Crippen molar-refractivity contribution < 1.29 is 9.53 Å². The van der Waals surface area contributed by atoms with Gasteiger partial charge >= 0.3 is 5.97 Å². The summed E-state index contributed by atoms with van der Waals surface area (Å²) in [6.45, 7) is 1.99. The molecule has 0 aromatic heterocycles. The Bertz CT molecular complexity index is 351. The monoisotopic (exact) mass is 237 g/mol. The van der Waals surface area contributed by atoms with Crippen molar-refractivity contribution in [2.45, 2.75) is 18.2 Å². The van der Waals surface area contributed by atoms with Gasteiger partial charge in [0.1, 0.15) is 6.61 Å². The molecule has 0 saturated heterocycles. The third kappa shape index (κ3) is 5.56. The van der Waals surface area contributed by atoms with E-state index in [-0.39, 0.29) is 12.4 Å². The molecule has 3 nitrogen and oxygen atoms in total. The number of nitrogens with one attached hydrogen (secondary N) is 1. The van der Waals surface area contributed by atoms with Crippen LogP contribution in [-0.4, -0.2) is 24.0 Å². The topological polar surface area (TPSA) is 50.2 Å². The van der Waals surface area contributed by atoms with Crippen molar-refractivity contribution in [3.63, 3.8) is 0 Å². The average molecular weight is 237 g/mol. The van der Waals surface area contributed by atoms with Gasteiger partial charge < -0.3 is 10.1 Å². The van der Waals surface area contributed by atoms with Crippen molar-refractivity contribution >= 4 is 23.4 Å². The normalized spacial score (nSPS) is 9.81. The first-order chi connectivity index (χ1) is 7.68. The fourth-order valence-electron chi connectivity index (χ4n) is 1.10. The van der Waals surface area contributed by atoms with Crippen LogP contribution in [0.4, 0.5) is 0 Å². The zero-order valence-corrected chi connectivity index (χ0v) is 10.0. The number of ether oxygens (including phenoxy) is 1. The summed E-state index contributed by atoms with van der Waals surface area (Å²) in [6.07, 6.45) is 0.0933. The Morgan fingerprint density at radius 3 is 2.69 bits per heavy atom. The van der Waals surface area contributed by atoms with Crippen LogP contribution in [0.25, 0.3) is 0 Å². The highest BCUT2D eigenvalue weighted by atomic mass is 32.2. The Labute approximate surface area is 99.7 Å². The van der Waals surface area contributed by atoms with Gasteiger partial charge in [-0.05, 0) is 19.1 Å². The van der Waals surface area contributed by atoms with Crippen LogP contribution in [0.2, 0.25) is 0 Å². The summed E-state index contributed by atoms with van der Waals surface area (Å²) >= 11 is 1.65. The van der Waals surface area contributed by atoms with E-state index >= 15 is 0 Å². The molecule has 16 heavy (non-hydrogen) atoms. The number of carbonyl (C=O) groups is 1. The Balaban J connectivity index is 2.13. The minimum Gasteiger partial charge on any atom is -0.465 e. The maximum absolute atomic E-state index is 11.1. The quantitative estimate of drug-likeness (QED) is 0.358. The van der Waals surface area contributed by atoms with Crippen molar-refractivity contribution in [3.05, 3.63) is 30.3 Å². The Kier molecular flexibility index (Phi) is 5.64. The highest BCUT2D eigenvalue weighted by molar-refractivity contribution is 7.99. The molecular weight excluding hydrogens is 222 g/mol. The van der Waals surface area contributed by atoms with Gasteiger partial charge in [0.15, 0.2) is 0 Å². The fourth-order valence-corrected chi connectivity index (χ4v) is 1.85. The van der Waals surface area contributed by atoms with Gasteiger partial charge in [-0.15, -0.1) is 11.8 Å². The predicted molar refractivity (Wildman–Crippen MR) is 66.1 cm³/mol. The molecule has 86 valence electrons. The number of hydrogen-bond donors (Lipinski definition) is 1. The minimum atomic E-state index is -0.318. The maximum Gasteiger partial charge on any atom is 0.311 e. The first-order valence-electron chi connectivity index (χ1n) is 5.06. The fraction of sp³-hybridized carbons (Fsp3) is 0.333. The van der Waals surface area contributed by atoms with Gasteiger partial charge in [0, 0.05) is 16.4 Å². The molecule has 0 heterocycles.